The number of hydrogen-bond donors (Lipinski definition) is 0. The fraction of sp³-hybridized carbons (Fsp3) is 0.435. The number of anilines is 2. The van der Waals surface area contributed by atoms with Gasteiger partial charge in [-0.05, 0) is 23.8 Å². The molecule has 1 spiro atoms. The maximum Gasteiger partial charge on any atom is 0.231 e. The molecule has 0 radical (unpaired) electrons. The van der Waals surface area contributed by atoms with Gasteiger partial charge in [-0.2, -0.15) is 0 Å². The SMILES string of the molecule is O=S1(=O)CC(N2Cc3cc(Cl)ccc3-n3c(nnc3N3CC4(CN(c5ncc(F)cc5F)C4)C3)C2)C1. The van der Waals surface area contributed by atoms with Crippen molar-refractivity contribution in [2.45, 2.75) is 19.1 Å². The number of sulfone groups is 1. The molecule has 2 aromatic heterocycles. The van der Waals surface area contributed by atoms with E-state index in [1.807, 2.05) is 27.7 Å². The molecule has 4 aliphatic rings. The third kappa shape index (κ3) is 3.49. The lowest BCUT2D eigenvalue weighted by Crippen LogP contribution is -2.73. The van der Waals surface area contributed by atoms with E-state index in [-0.39, 0.29) is 28.8 Å². The lowest BCUT2D eigenvalue weighted by Gasteiger charge is -2.60. The molecule has 188 valence electrons. The van der Waals surface area contributed by atoms with E-state index in [1.165, 1.54) is 0 Å². The molecular weight excluding hydrogens is 512 g/mol. The first-order chi connectivity index (χ1) is 17.2. The van der Waals surface area contributed by atoms with Crippen LogP contribution in [0.25, 0.3) is 5.69 Å². The number of fused-ring (bicyclic) bond motifs is 3. The van der Waals surface area contributed by atoms with Gasteiger partial charge in [-0.25, -0.2) is 22.2 Å². The summed E-state index contributed by atoms with van der Waals surface area (Å²) < 4.78 is 53.0. The van der Waals surface area contributed by atoms with E-state index in [0.29, 0.717) is 31.2 Å². The highest BCUT2D eigenvalue weighted by Crippen LogP contribution is 2.44. The highest BCUT2D eigenvalue weighted by Gasteiger charge is 2.54. The summed E-state index contributed by atoms with van der Waals surface area (Å²) in [7, 11) is -2.97. The molecule has 0 unspecified atom stereocenters. The fourth-order valence-electron chi connectivity index (χ4n) is 5.88. The van der Waals surface area contributed by atoms with E-state index in [1.54, 1.807) is 0 Å². The molecule has 3 fully saturated rings. The number of benzene rings is 1. The number of nitrogens with zero attached hydrogens (tertiary/aromatic N) is 7. The van der Waals surface area contributed by atoms with E-state index >= 15 is 0 Å². The van der Waals surface area contributed by atoms with Crippen molar-refractivity contribution in [2.24, 2.45) is 5.41 Å². The van der Waals surface area contributed by atoms with Gasteiger partial charge in [0.15, 0.2) is 27.3 Å². The predicted octanol–water partition coefficient (Wildman–Crippen LogP) is 2.03. The van der Waals surface area contributed by atoms with Gasteiger partial charge in [0, 0.05) is 55.3 Å². The average molecular weight is 534 g/mol. The first-order valence-electron chi connectivity index (χ1n) is 11.7. The van der Waals surface area contributed by atoms with Gasteiger partial charge in [-0.3, -0.25) is 9.47 Å². The number of rotatable bonds is 3. The van der Waals surface area contributed by atoms with Gasteiger partial charge < -0.3 is 9.80 Å². The number of hydrogen-bond acceptors (Lipinski definition) is 8. The smallest absolute Gasteiger partial charge is 0.231 e. The van der Waals surface area contributed by atoms with Gasteiger partial charge in [0.25, 0.3) is 0 Å². The fourth-order valence-corrected chi connectivity index (χ4v) is 7.57. The second-order valence-corrected chi connectivity index (χ2v) is 12.9. The van der Waals surface area contributed by atoms with Crippen LogP contribution in [-0.2, 0) is 22.9 Å². The van der Waals surface area contributed by atoms with E-state index < -0.39 is 21.5 Å². The van der Waals surface area contributed by atoms with Crippen LogP contribution >= 0.6 is 11.6 Å². The van der Waals surface area contributed by atoms with Crippen LogP contribution in [0, 0.1) is 17.0 Å². The van der Waals surface area contributed by atoms with Crippen molar-refractivity contribution in [3.05, 3.63) is 58.5 Å². The van der Waals surface area contributed by atoms with Crippen LogP contribution < -0.4 is 9.80 Å². The average Bonchev–Trinajstić information content (AvgIpc) is 3.06. The summed E-state index contributed by atoms with van der Waals surface area (Å²) in [6.07, 6.45) is 1.04. The molecule has 13 heteroatoms. The molecule has 0 amide bonds. The Bertz CT molecular complexity index is 1490. The Kier molecular flexibility index (Phi) is 4.72. The molecule has 4 aliphatic heterocycles. The summed E-state index contributed by atoms with van der Waals surface area (Å²) >= 11 is 6.32. The zero-order valence-electron chi connectivity index (χ0n) is 19.1. The Labute approximate surface area is 211 Å². The van der Waals surface area contributed by atoms with Crippen molar-refractivity contribution >= 4 is 33.2 Å². The van der Waals surface area contributed by atoms with Gasteiger partial charge in [-0.1, -0.05) is 11.6 Å². The lowest BCUT2D eigenvalue weighted by atomic mass is 9.73. The van der Waals surface area contributed by atoms with Gasteiger partial charge in [0.05, 0.1) is 29.9 Å². The normalized spacial score (nSPS) is 22.3. The summed E-state index contributed by atoms with van der Waals surface area (Å²) in [5.74, 6) is 0.629. The van der Waals surface area contributed by atoms with E-state index in [0.717, 1.165) is 48.4 Å². The van der Waals surface area contributed by atoms with Crippen molar-refractivity contribution in [3.8, 4) is 5.69 Å². The van der Waals surface area contributed by atoms with Crippen LogP contribution in [-0.4, -0.2) is 76.8 Å². The molecule has 0 aliphatic carbocycles. The van der Waals surface area contributed by atoms with Crippen LogP contribution in [0.4, 0.5) is 20.5 Å². The van der Waals surface area contributed by atoms with E-state index in [2.05, 4.69) is 25.0 Å². The number of aromatic nitrogens is 4. The Morgan fingerprint density at radius 3 is 2.47 bits per heavy atom. The largest absolute Gasteiger partial charge is 0.353 e. The quantitative estimate of drug-likeness (QED) is 0.505. The number of pyridine rings is 1. The minimum atomic E-state index is -2.97. The van der Waals surface area contributed by atoms with Crippen LogP contribution in [0.2, 0.25) is 5.02 Å². The Morgan fingerprint density at radius 1 is 1.00 bits per heavy atom. The first kappa shape index (κ1) is 22.4. The first-order valence-corrected chi connectivity index (χ1v) is 13.9. The topological polar surface area (TPSA) is 87.5 Å². The molecule has 36 heavy (non-hydrogen) atoms. The minimum absolute atomic E-state index is 0.00518. The molecule has 9 nitrogen and oxygen atoms in total. The van der Waals surface area contributed by atoms with Gasteiger partial charge in [-0.15, -0.1) is 10.2 Å². The summed E-state index contributed by atoms with van der Waals surface area (Å²) in [6.45, 7) is 3.80. The van der Waals surface area contributed by atoms with Crippen LogP contribution in [0.1, 0.15) is 11.4 Å². The van der Waals surface area contributed by atoms with Crippen LogP contribution in [0.5, 0.6) is 0 Å². The molecule has 3 aromatic rings. The van der Waals surface area contributed by atoms with Crippen molar-refractivity contribution in [2.75, 3.05) is 47.5 Å². The highest BCUT2D eigenvalue weighted by atomic mass is 35.5. The molecule has 0 saturated carbocycles. The second kappa shape index (κ2) is 7.59. The van der Waals surface area contributed by atoms with Crippen molar-refractivity contribution < 1.29 is 17.2 Å². The van der Waals surface area contributed by atoms with Crippen molar-refractivity contribution in [3.63, 3.8) is 0 Å². The minimum Gasteiger partial charge on any atom is -0.353 e. The molecule has 1 aromatic carbocycles. The zero-order valence-corrected chi connectivity index (χ0v) is 20.7. The molecule has 7 rings (SSSR count). The van der Waals surface area contributed by atoms with E-state index in [4.69, 9.17) is 11.6 Å². The van der Waals surface area contributed by atoms with Crippen LogP contribution in [0.15, 0.2) is 30.5 Å². The van der Waals surface area contributed by atoms with Crippen LogP contribution in [0.3, 0.4) is 0 Å². The number of halogens is 3. The van der Waals surface area contributed by atoms with E-state index in [9.17, 15) is 17.2 Å². The summed E-state index contributed by atoms with van der Waals surface area (Å²) in [5, 5.41) is 9.61. The van der Waals surface area contributed by atoms with Crippen molar-refractivity contribution in [1.29, 1.82) is 0 Å². The summed E-state index contributed by atoms with van der Waals surface area (Å²) in [6, 6.07) is 6.52. The zero-order chi connectivity index (χ0) is 24.8. The molecule has 6 heterocycles. The van der Waals surface area contributed by atoms with Gasteiger partial charge in [0.2, 0.25) is 5.95 Å². The molecule has 3 saturated heterocycles. The molecule has 0 N–H and O–H groups in total. The van der Waals surface area contributed by atoms with Gasteiger partial charge >= 0.3 is 0 Å². The third-order valence-corrected chi connectivity index (χ3v) is 9.62. The maximum atomic E-state index is 14.1. The standard InChI is InChI=1S/C23H22ClF2N7O2S/c24-15-1-2-19-14(3-15)6-30(17-8-36(34,35)9-17)7-20-28-29-22(33(19)20)32-12-23(13-32)10-31(11-23)21-18(26)4-16(25)5-27-21/h1-5,17H,6-13H2. The molecule has 0 atom stereocenters. The van der Waals surface area contributed by atoms with Crippen molar-refractivity contribution in [1.82, 2.24) is 24.6 Å². The van der Waals surface area contributed by atoms with Gasteiger partial charge in [0.1, 0.15) is 5.82 Å². The highest BCUT2D eigenvalue weighted by molar-refractivity contribution is 7.92. The lowest BCUT2D eigenvalue weighted by molar-refractivity contribution is 0.152. The Hall–Kier alpha value is -2.83. The Morgan fingerprint density at radius 2 is 1.75 bits per heavy atom. The molecular formula is C23H22ClF2N7O2S. The maximum absolute atomic E-state index is 14.1. The molecule has 0 bridgehead atoms. The Balaban J connectivity index is 1.13. The summed E-state index contributed by atoms with van der Waals surface area (Å²) in [5.41, 5.74) is 1.93. The monoisotopic (exact) mass is 533 g/mol. The summed E-state index contributed by atoms with van der Waals surface area (Å²) in [4.78, 5) is 10.0. The predicted molar refractivity (Wildman–Crippen MR) is 129 cm³/mol. The third-order valence-electron chi connectivity index (χ3n) is 7.60. The second-order valence-electron chi connectivity index (χ2n) is 10.3.